The summed E-state index contributed by atoms with van der Waals surface area (Å²) in [4.78, 5) is 26.8. The Morgan fingerprint density at radius 3 is 2.51 bits per heavy atom. The fourth-order valence-electron chi connectivity index (χ4n) is 4.82. The second-order valence-corrected chi connectivity index (χ2v) is 11.1. The van der Waals surface area contributed by atoms with Gasteiger partial charge in [-0.15, -0.1) is 0 Å². The molecule has 9 nitrogen and oxygen atoms in total. The third kappa shape index (κ3) is 5.23. The molecule has 2 aliphatic heterocycles. The minimum absolute atomic E-state index is 0.0757. The van der Waals surface area contributed by atoms with E-state index in [1.54, 1.807) is 24.1 Å². The summed E-state index contributed by atoms with van der Waals surface area (Å²) in [7, 11) is 1.55. The first-order valence-corrected chi connectivity index (χ1v) is 12.8. The number of nitrogens with two attached hydrogens (primary N) is 1. The minimum Gasteiger partial charge on any atom is -0.495 e. The Morgan fingerprint density at radius 1 is 1.23 bits per heavy atom. The molecule has 0 spiro atoms. The summed E-state index contributed by atoms with van der Waals surface area (Å²) in [5.41, 5.74) is 6.74. The van der Waals surface area contributed by atoms with Crippen molar-refractivity contribution >= 4 is 45.3 Å². The summed E-state index contributed by atoms with van der Waals surface area (Å²) in [5, 5.41) is 8.63. The first-order chi connectivity index (χ1) is 16.5. The van der Waals surface area contributed by atoms with Gasteiger partial charge in [-0.05, 0) is 74.0 Å². The van der Waals surface area contributed by atoms with E-state index >= 15 is 0 Å². The highest BCUT2D eigenvalue weighted by atomic mass is 79.9. The van der Waals surface area contributed by atoms with Gasteiger partial charge in [-0.2, -0.15) is 5.10 Å². The van der Waals surface area contributed by atoms with E-state index in [-0.39, 0.29) is 12.1 Å². The van der Waals surface area contributed by atoms with Crippen LogP contribution in [-0.2, 0) is 4.74 Å². The molecule has 4 rings (SSSR count). The van der Waals surface area contributed by atoms with Crippen LogP contribution < -0.4 is 15.8 Å². The number of aromatic nitrogens is 2. The average molecular weight is 569 g/mol. The fourth-order valence-corrected chi connectivity index (χ4v) is 5.42. The first kappa shape index (κ1) is 25.6. The fraction of sp³-hybridized carbons (Fsp3) is 0.542. The highest BCUT2D eigenvalue weighted by molar-refractivity contribution is 9.10. The molecule has 0 aliphatic carbocycles. The molecule has 3 heterocycles. The molecule has 190 valence electrons. The van der Waals surface area contributed by atoms with Crippen molar-refractivity contribution in [3.05, 3.63) is 27.2 Å². The lowest BCUT2D eigenvalue weighted by Crippen LogP contribution is -2.43. The molecule has 0 saturated carbocycles. The Hall–Kier alpha value is -2.46. The van der Waals surface area contributed by atoms with Crippen LogP contribution in [0.2, 0.25) is 5.02 Å². The number of amides is 2. The number of ether oxygens (including phenoxy) is 2. The van der Waals surface area contributed by atoms with Crippen LogP contribution in [0.3, 0.4) is 0 Å². The Labute approximate surface area is 218 Å². The SMILES string of the molecule is COc1cc(-c2nn3c(c2C(N)=O)NCCC3C2CCN(C(=O)OC(C)(C)C)CC2)cc(Cl)c1Br. The van der Waals surface area contributed by atoms with Gasteiger partial charge in [-0.3, -0.25) is 4.79 Å². The molecule has 1 saturated heterocycles. The number of halogens is 2. The van der Waals surface area contributed by atoms with Crippen molar-refractivity contribution in [2.75, 3.05) is 32.1 Å². The van der Waals surface area contributed by atoms with Gasteiger partial charge in [0, 0.05) is 25.2 Å². The van der Waals surface area contributed by atoms with Crippen molar-refractivity contribution in [1.29, 1.82) is 0 Å². The summed E-state index contributed by atoms with van der Waals surface area (Å²) in [6.07, 6.45) is 2.22. The monoisotopic (exact) mass is 567 g/mol. The Bertz CT molecular complexity index is 1140. The number of hydrogen-bond donors (Lipinski definition) is 2. The van der Waals surface area contributed by atoms with Crippen LogP contribution in [0.15, 0.2) is 16.6 Å². The Morgan fingerprint density at radius 2 is 1.91 bits per heavy atom. The van der Waals surface area contributed by atoms with Crippen molar-refractivity contribution < 1.29 is 19.1 Å². The highest BCUT2D eigenvalue weighted by Gasteiger charge is 2.36. The normalized spacial score (nSPS) is 18.6. The molecule has 0 bridgehead atoms. The number of rotatable bonds is 4. The molecule has 1 unspecified atom stereocenters. The maximum absolute atomic E-state index is 12.5. The summed E-state index contributed by atoms with van der Waals surface area (Å²) in [6, 6.07) is 3.60. The number of nitrogens with one attached hydrogen (secondary N) is 1. The zero-order valence-corrected chi connectivity index (χ0v) is 22.7. The van der Waals surface area contributed by atoms with E-state index in [1.807, 2.05) is 25.5 Å². The molecule has 2 aliphatic rings. The van der Waals surface area contributed by atoms with Crippen LogP contribution in [0.5, 0.6) is 5.75 Å². The zero-order valence-electron chi connectivity index (χ0n) is 20.4. The summed E-state index contributed by atoms with van der Waals surface area (Å²) >= 11 is 9.82. The standard InChI is InChI=1S/C24H31BrClN5O4/c1-24(2,3)35-23(33)30-9-6-13(7-10-30)16-5-8-28-22-18(21(27)32)20(29-31(16)22)14-11-15(26)19(25)17(12-14)34-4/h11-13,16,28H,5-10H2,1-4H3,(H2,27,32). The predicted octanol–water partition coefficient (Wildman–Crippen LogP) is 5.08. The molecule has 3 N–H and O–H groups in total. The maximum Gasteiger partial charge on any atom is 0.410 e. The molecule has 35 heavy (non-hydrogen) atoms. The van der Waals surface area contributed by atoms with Crippen LogP contribution in [0.1, 0.15) is 56.4 Å². The van der Waals surface area contributed by atoms with Gasteiger partial charge in [0.2, 0.25) is 0 Å². The molecule has 1 fully saturated rings. The number of benzene rings is 1. The molecule has 2 aromatic rings. The predicted molar refractivity (Wildman–Crippen MR) is 138 cm³/mol. The molecular weight excluding hydrogens is 538 g/mol. The van der Waals surface area contributed by atoms with Crippen LogP contribution in [-0.4, -0.2) is 59.0 Å². The largest absolute Gasteiger partial charge is 0.495 e. The molecule has 1 aromatic carbocycles. The summed E-state index contributed by atoms with van der Waals surface area (Å²) in [5.74, 6) is 0.891. The maximum atomic E-state index is 12.5. The Kier molecular flexibility index (Phi) is 7.24. The van der Waals surface area contributed by atoms with Crippen molar-refractivity contribution in [2.45, 2.75) is 51.7 Å². The minimum atomic E-state index is -0.563. The van der Waals surface area contributed by atoms with Crippen molar-refractivity contribution in [2.24, 2.45) is 11.7 Å². The number of fused-ring (bicyclic) bond motifs is 1. The second kappa shape index (κ2) is 9.89. The number of likely N-dealkylation sites (tertiary alicyclic amines) is 1. The lowest BCUT2D eigenvalue weighted by atomic mass is 9.87. The van der Waals surface area contributed by atoms with Gasteiger partial charge in [0.1, 0.15) is 28.4 Å². The lowest BCUT2D eigenvalue weighted by molar-refractivity contribution is 0.0157. The Balaban J connectivity index is 1.63. The van der Waals surface area contributed by atoms with E-state index in [0.29, 0.717) is 63.4 Å². The average Bonchev–Trinajstić information content (AvgIpc) is 3.20. The first-order valence-electron chi connectivity index (χ1n) is 11.7. The molecule has 2 amide bonds. The lowest BCUT2D eigenvalue weighted by Gasteiger charge is -2.38. The summed E-state index contributed by atoms with van der Waals surface area (Å²) in [6.45, 7) is 7.55. The quantitative estimate of drug-likeness (QED) is 0.532. The van der Waals surface area contributed by atoms with Crippen LogP contribution in [0, 0.1) is 5.92 Å². The number of methoxy groups -OCH3 is 1. The zero-order chi connectivity index (χ0) is 25.5. The second-order valence-electron chi connectivity index (χ2n) is 9.94. The molecule has 1 aromatic heterocycles. The molecular formula is C24H31BrClN5O4. The third-order valence-corrected chi connectivity index (χ3v) is 7.77. The third-order valence-electron chi connectivity index (χ3n) is 6.43. The number of carbonyl (C=O) groups is 2. The van der Waals surface area contributed by atoms with Crippen molar-refractivity contribution in [1.82, 2.24) is 14.7 Å². The van der Waals surface area contributed by atoms with E-state index in [0.717, 1.165) is 19.3 Å². The van der Waals surface area contributed by atoms with Crippen LogP contribution in [0.4, 0.5) is 10.6 Å². The molecule has 11 heteroatoms. The van der Waals surface area contributed by atoms with Crippen molar-refractivity contribution in [3.8, 4) is 17.0 Å². The summed E-state index contributed by atoms with van der Waals surface area (Å²) < 4.78 is 13.5. The van der Waals surface area contributed by atoms with E-state index in [4.69, 9.17) is 31.9 Å². The van der Waals surface area contributed by atoms with E-state index in [9.17, 15) is 9.59 Å². The number of piperidine rings is 1. The van der Waals surface area contributed by atoms with Crippen LogP contribution >= 0.6 is 27.5 Å². The number of primary amides is 1. The van der Waals surface area contributed by atoms with Gasteiger partial charge in [0.05, 0.1) is 22.6 Å². The van der Waals surface area contributed by atoms with Gasteiger partial charge < -0.3 is 25.4 Å². The van der Waals surface area contributed by atoms with Gasteiger partial charge >= 0.3 is 6.09 Å². The van der Waals surface area contributed by atoms with E-state index in [1.165, 1.54) is 0 Å². The van der Waals surface area contributed by atoms with Gasteiger partial charge in [0.15, 0.2) is 0 Å². The topological polar surface area (TPSA) is 112 Å². The number of hydrogen-bond acceptors (Lipinski definition) is 6. The molecule has 0 radical (unpaired) electrons. The number of carbonyl (C=O) groups excluding carboxylic acids is 2. The number of nitrogens with zero attached hydrogens (tertiary/aromatic N) is 3. The smallest absolute Gasteiger partial charge is 0.410 e. The van der Waals surface area contributed by atoms with Gasteiger partial charge in [-0.1, -0.05) is 11.6 Å². The van der Waals surface area contributed by atoms with E-state index in [2.05, 4.69) is 21.2 Å². The van der Waals surface area contributed by atoms with Crippen LogP contribution in [0.25, 0.3) is 11.3 Å². The highest BCUT2D eigenvalue weighted by Crippen LogP contribution is 2.42. The van der Waals surface area contributed by atoms with Gasteiger partial charge in [-0.25, -0.2) is 9.48 Å². The molecule has 1 atom stereocenters. The van der Waals surface area contributed by atoms with Gasteiger partial charge in [0.25, 0.3) is 5.91 Å². The van der Waals surface area contributed by atoms with Crippen molar-refractivity contribution in [3.63, 3.8) is 0 Å². The number of anilines is 1. The van der Waals surface area contributed by atoms with E-state index < -0.39 is 11.5 Å².